The molecule has 0 radical (unpaired) electrons. The lowest BCUT2D eigenvalue weighted by Crippen LogP contribution is -2.45. The molecule has 1 heterocycles. The van der Waals surface area contributed by atoms with Crippen molar-refractivity contribution < 1.29 is 18.3 Å². The fraction of sp³-hybridized carbons (Fsp3) is 0.800. The first-order valence-corrected chi connectivity index (χ1v) is 5.30. The molecule has 0 aliphatic carbocycles. The van der Waals surface area contributed by atoms with Crippen molar-refractivity contribution in [2.75, 3.05) is 13.1 Å². The minimum absolute atomic E-state index is 0.0572. The highest BCUT2D eigenvalue weighted by atomic mass is 19.3. The maximum atomic E-state index is 12.9. The summed E-state index contributed by atoms with van der Waals surface area (Å²) >= 11 is 0. The Bertz CT molecular complexity index is 326. The summed E-state index contributed by atoms with van der Waals surface area (Å²) in [6.07, 6.45) is -1.11. The number of nitrogens with zero attached hydrogens (tertiary/aromatic N) is 1. The zero-order chi connectivity index (χ0) is 13.3. The number of alkyl halides is 2. The van der Waals surface area contributed by atoms with Crippen LogP contribution in [0.15, 0.2) is 0 Å². The van der Waals surface area contributed by atoms with Gasteiger partial charge in [-0.15, -0.1) is 0 Å². The number of carbonyl (C=O) groups is 1. The first kappa shape index (κ1) is 13.7. The summed E-state index contributed by atoms with van der Waals surface area (Å²) in [6.45, 7) is 4.56. The van der Waals surface area contributed by atoms with E-state index in [1.165, 1.54) is 0 Å². The standard InChI is InChI=1S/C10H17F2N3O2/c1-9(2,3)17-8(16)14-7(13)15-5-4-10(11,12)6-15/h4-6H2,1-3H3,(H2,13,14,16). The Hall–Kier alpha value is -1.40. The molecule has 0 aromatic rings. The molecule has 7 heteroatoms. The lowest BCUT2D eigenvalue weighted by molar-refractivity contribution is 0.0169. The number of alkyl carbamates (subject to hydrolysis) is 1. The third-order valence-electron chi connectivity index (χ3n) is 2.11. The van der Waals surface area contributed by atoms with E-state index in [-0.39, 0.29) is 18.9 Å². The van der Waals surface area contributed by atoms with E-state index in [2.05, 4.69) is 5.32 Å². The van der Waals surface area contributed by atoms with E-state index in [9.17, 15) is 13.6 Å². The largest absolute Gasteiger partial charge is 0.444 e. The van der Waals surface area contributed by atoms with Crippen molar-refractivity contribution in [3.63, 3.8) is 0 Å². The topological polar surface area (TPSA) is 65.4 Å². The number of guanidine groups is 1. The van der Waals surface area contributed by atoms with E-state index in [0.717, 1.165) is 4.90 Å². The van der Waals surface area contributed by atoms with E-state index < -0.39 is 24.2 Å². The van der Waals surface area contributed by atoms with Gasteiger partial charge < -0.3 is 9.64 Å². The molecule has 1 aliphatic heterocycles. The number of carbonyl (C=O) groups excluding carboxylic acids is 1. The van der Waals surface area contributed by atoms with Crippen LogP contribution in [0.3, 0.4) is 0 Å². The highest BCUT2D eigenvalue weighted by Gasteiger charge is 2.39. The van der Waals surface area contributed by atoms with Gasteiger partial charge in [0.15, 0.2) is 0 Å². The third-order valence-corrected chi connectivity index (χ3v) is 2.11. The lowest BCUT2D eigenvalue weighted by Gasteiger charge is -2.23. The van der Waals surface area contributed by atoms with Gasteiger partial charge >= 0.3 is 6.09 Å². The molecule has 0 atom stereocenters. The quantitative estimate of drug-likeness (QED) is 0.508. The predicted molar refractivity (Wildman–Crippen MR) is 58.2 cm³/mol. The minimum atomic E-state index is -2.79. The highest BCUT2D eigenvalue weighted by molar-refractivity contribution is 5.92. The second-order valence-electron chi connectivity index (χ2n) is 5.00. The molecule has 0 aromatic carbocycles. The minimum Gasteiger partial charge on any atom is -0.444 e. The van der Waals surface area contributed by atoms with Crippen LogP contribution in [0, 0.1) is 5.41 Å². The second-order valence-corrected chi connectivity index (χ2v) is 5.00. The van der Waals surface area contributed by atoms with Crippen LogP contribution >= 0.6 is 0 Å². The Morgan fingerprint density at radius 3 is 2.47 bits per heavy atom. The number of ether oxygens (including phenoxy) is 1. The van der Waals surface area contributed by atoms with Crippen LogP contribution in [0.4, 0.5) is 13.6 Å². The van der Waals surface area contributed by atoms with Gasteiger partial charge in [0.05, 0.1) is 6.54 Å². The number of likely N-dealkylation sites (tertiary alicyclic amines) is 1. The summed E-state index contributed by atoms with van der Waals surface area (Å²) in [7, 11) is 0. The predicted octanol–water partition coefficient (Wildman–Crippen LogP) is 1.79. The average molecular weight is 249 g/mol. The number of hydrogen-bond acceptors (Lipinski definition) is 3. The average Bonchev–Trinajstić information content (AvgIpc) is 2.42. The summed E-state index contributed by atoms with van der Waals surface area (Å²) in [5, 5.41) is 9.61. The molecular formula is C10H17F2N3O2. The Morgan fingerprint density at radius 1 is 1.47 bits per heavy atom. The zero-order valence-corrected chi connectivity index (χ0v) is 10.1. The van der Waals surface area contributed by atoms with Gasteiger partial charge in [-0.25, -0.2) is 13.6 Å². The Labute approximate surface area is 98.6 Å². The molecule has 0 spiro atoms. The van der Waals surface area contributed by atoms with Crippen molar-refractivity contribution in [1.82, 2.24) is 10.2 Å². The normalized spacial score (nSPS) is 19.0. The van der Waals surface area contributed by atoms with Crippen molar-refractivity contribution in [2.24, 2.45) is 0 Å². The van der Waals surface area contributed by atoms with Crippen LogP contribution in [0.2, 0.25) is 0 Å². The Morgan fingerprint density at radius 2 is 2.06 bits per heavy atom. The Kier molecular flexibility index (Phi) is 3.59. The summed E-state index contributed by atoms with van der Waals surface area (Å²) in [4.78, 5) is 12.4. The van der Waals surface area contributed by atoms with Gasteiger partial charge in [-0.05, 0) is 20.8 Å². The van der Waals surface area contributed by atoms with Gasteiger partial charge in [-0.1, -0.05) is 0 Å². The van der Waals surface area contributed by atoms with Gasteiger partial charge in [0.2, 0.25) is 5.96 Å². The van der Waals surface area contributed by atoms with Gasteiger partial charge in [0.1, 0.15) is 5.60 Å². The molecule has 1 saturated heterocycles. The number of nitrogens with one attached hydrogen (secondary N) is 2. The SMILES string of the molecule is CC(C)(C)OC(=O)NC(=N)N1CCC(F)(F)C1. The molecule has 98 valence electrons. The molecule has 5 nitrogen and oxygen atoms in total. The van der Waals surface area contributed by atoms with E-state index in [1.807, 2.05) is 0 Å². The Balaban J connectivity index is 2.43. The fourth-order valence-corrected chi connectivity index (χ4v) is 1.41. The van der Waals surface area contributed by atoms with Gasteiger partial charge in [0, 0.05) is 13.0 Å². The van der Waals surface area contributed by atoms with Crippen molar-refractivity contribution in [2.45, 2.75) is 38.7 Å². The number of amides is 1. The highest BCUT2D eigenvalue weighted by Crippen LogP contribution is 2.26. The lowest BCUT2D eigenvalue weighted by atomic mass is 10.2. The first-order chi connectivity index (χ1) is 7.59. The summed E-state index contributed by atoms with van der Waals surface area (Å²) < 4.78 is 30.7. The maximum Gasteiger partial charge on any atom is 0.414 e. The second kappa shape index (κ2) is 4.46. The summed E-state index contributed by atoms with van der Waals surface area (Å²) in [5.41, 5.74) is -0.681. The monoisotopic (exact) mass is 249 g/mol. The molecular weight excluding hydrogens is 232 g/mol. The van der Waals surface area contributed by atoms with Gasteiger partial charge in [-0.3, -0.25) is 10.7 Å². The summed E-state index contributed by atoms with van der Waals surface area (Å²) in [6, 6.07) is 0. The molecule has 2 N–H and O–H groups in total. The molecule has 1 rings (SSSR count). The molecule has 1 aliphatic rings. The zero-order valence-electron chi connectivity index (χ0n) is 10.1. The summed E-state index contributed by atoms with van der Waals surface area (Å²) in [5.74, 6) is -3.14. The smallest absolute Gasteiger partial charge is 0.414 e. The first-order valence-electron chi connectivity index (χ1n) is 5.30. The molecule has 17 heavy (non-hydrogen) atoms. The number of rotatable bonds is 0. The molecule has 0 unspecified atom stereocenters. The number of halogens is 2. The van der Waals surface area contributed by atoms with Crippen molar-refractivity contribution in [1.29, 1.82) is 5.41 Å². The van der Waals surface area contributed by atoms with Crippen molar-refractivity contribution in [3.05, 3.63) is 0 Å². The fourth-order valence-electron chi connectivity index (χ4n) is 1.41. The van der Waals surface area contributed by atoms with E-state index in [1.54, 1.807) is 20.8 Å². The van der Waals surface area contributed by atoms with Crippen LogP contribution < -0.4 is 5.32 Å². The van der Waals surface area contributed by atoms with Gasteiger partial charge in [-0.2, -0.15) is 0 Å². The van der Waals surface area contributed by atoms with Crippen molar-refractivity contribution in [3.8, 4) is 0 Å². The molecule has 0 aromatic heterocycles. The van der Waals surface area contributed by atoms with Crippen LogP contribution in [0.25, 0.3) is 0 Å². The van der Waals surface area contributed by atoms with Crippen LogP contribution in [-0.2, 0) is 4.74 Å². The van der Waals surface area contributed by atoms with Crippen LogP contribution in [0.5, 0.6) is 0 Å². The van der Waals surface area contributed by atoms with E-state index in [0.29, 0.717) is 0 Å². The molecule has 1 fully saturated rings. The number of hydrogen-bond donors (Lipinski definition) is 2. The third kappa shape index (κ3) is 4.54. The van der Waals surface area contributed by atoms with Crippen LogP contribution in [-0.4, -0.2) is 41.6 Å². The molecule has 0 saturated carbocycles. The van der Waals surface area contributed by atoms with Crippen LogP contribution in [0.1, 0.15) is 27.2 Å². The van der Waals surface area contributed by atoms with E-state index in [4.69, 9.17) is 10.1 Å². The molecule has 0 bridgehead atoms. The maximum absolute atomic E-state index is 12.9. The van der Waals surface area contributed by atoms with Crippen molar-refractivity contribution >= 4 is 12.1 Å². The molecule has 1 amide bonds. The van der Waals surface area contributed by atoms with E-state index >= 15 is 0 Å². The van der Waals surface area contributed by atoms with Gasteiger partial charge in [0.25, 0.3) is 5.92 Å².